The highest BCUT2D eigenvalue weighted by Gasteiger charge is 2.53. The first-order valence-electron chi connectivity index (χ1n) is 12.5. The molecule has 0 aromatic rings. The summed E-state index contributed by atoms with van der Waals surface area (Å²) in [5.41, 5.74) is 0. The molecular formula is C26H51NO2P+. The van der Waals surface area contributed by atoms with E-state index in [1.165, 1.54) is 70.6 Å². The largest absolute Gasteiger partial charge is 0.590 e. The Morgan fingerprint density at radius 3 is 1.63 bits per heavy atom. The van der Waals surface area contributed by atoms with Crippen molar-refractivity contribution in [3.63, 3.8) is 0 Å². The van der Waals surface area contributed by atoms with Gasteiger partial charge in [0.2, 0.25) is 0 Å². The van der Waals surface area contributed by atoms with Gasteiger partial charge in [0.05, 0.1) is 21.1 Å². The van der Waals surface area contributed by atoms with Gasteiger partial charge in [0.25, 0.3) is 5.28 Å². The van der Waals surface area contributed by atoms with Crippen molar-refractivity contribution in [1.29, 1.82) is 0 Å². The van der Waals surface area contributed by atoms with Gasteiger partial charge >= 0.3 is 8.03 Å². The highest BCUT2D eigenvalue weighted by atomic mass is 31.1. The second kappa shape index (κ2) is 18.1. The monoisotopic (exact) mass is 440 g/mol. The molecule has 0 aliphatic heterocycles. The van der Waals surface area contributed by atoms with Gasteiger partial charge in [0.15, 0.2) is 0 Å². The fourth-order valence-corrected chi connectivity index (χ4v) is 5.55. The van der Waals surface area contributed by atoms with Crippen LogP contribution in [0.25, 0.3) is 0 Å². The molecule has 0 fully saturated rings. The second-order valence-electron chi connectivity index (χ2n) is 9.77. The van der Waals surface area contributed by atoms with Crippen LogP contribution in [0, 0.1) is 0 Å². The van der Waals surface area contributed by atoms with Crippen LogP contribution in [0.1, 0.15) is 116 Å². The molecule has 2 unspecified atom stereocenters. The molecule has 0 radical (unpaired) electrons. The Kier molecular flexibility index (Phi) is 17.8. The van der Waals surface area contributed by atoms with Crippen LogP contribution in [0.2, 0.25) is 0 Å². The summed E-state index contributed by atoms with van der Waals surface area (Å²) in [5, 5.41) is -0.594. The summed E-state index contributed by atoms with van der Waals surface area (Å²) >= 11 is 0. The maximum Gasteiger partial charge on any atom is 0.376 e. The molecule has 3 nitrogen and oxygen atoms in total. The van der Waals surface area contributed by atoms with Gasteiger partial charge in [-0.05, 0) is 51.4 Å². The van der Waals surface area contributed by atoms with Gasteiger partial charge < -0.3 is 4.89 Å². The van der Waals surface area contributed by atoms with E-state index >= 15 is 0 Å². The summed E-state index contributed by atoms with van der Waals surface area (Å²) in [7, 11) is 3.66. The lowest BCUT2D eigenvalue weighted by atomic mass is 9.99. The molecule has 176 valence electrons. The first-order valence-corrected chi connectivity index (χ1v) is 13.7. The van der Waals surface area contributed by atoms with Crippen molar-refractivity contribution in [1.82, 2.24) is 0 Å². The van der Waals surface area contributed by atoms with Crippen molar-refractivity contribution in [3.8, 4) is 0 Å². The van der Waals surface area contributed by atoms with Gasteiger partial charge in [-0.2, -0.15) is 0 Å². The Balaban J connectivity index is 3.71. The van der Waals surface area contributed by atoms with E-state index in [2.05, 4.69) is 25.7 Å². The lowest BCUT2D eigenvalue weighted by Crippen LogP contribution is -2.55. The Morgan fingerprint density at radius 2 is 1.20 bits per heavy atom. The first kappa shape index (κ1) is 29.5. The number of quaternary nitrogens is 1. The molecule has 0 heterocycles. The summed E-state index contributed by atoms with van der Waals surface area (Å²) in [6, 6.07) is 0. The molecule has 0 amide bonds. The average molecular weight is 441 g/mol. The Hall–Kier alpha value is -0.500. The van der Waals surface area contributed by atoms with E-state index in [4.69, 9.17) is 0 Å². The van der Waals surface area contributed by atoms with E-state index in [0.29, 0.717) is 4.48 Å². The molecule has 0 bridgehead atoms. The van der Waals surface area contributed by atoms with E-state index in [-0.39, 0.29) is 0 Å². The molecule has 4 heteroatoms. The van der Waals surface area contributed by atoms with Crippen LogP contribution >= 0.6 is 8.03 Å². The third kappa shape index (κ3) is 13.0. The summed E-state index contributed by atoms with van der Waals surface area (Å²) in [6.45, 7) is 5.85. The zero-order valence-corrected chi connectivity index (χ0v) is 21.6. The molecule has 0 spiro atoms. The van der Waals surface area contributed by atoms with Crippen molar-refractivity contribution in [3.05, 3.63) is 24.8 Å². The van der Waals surface area contributed by atoms with Crippen LogP contribution in [-0.2, 0) is 4.57 Å². The first-order chi connectivity index (χ1) is 14.3. The molecule has 0 aliphatic carbocycles. The number of hydrogen-bond donors (Lipinski definition) is 0. The Bertz CT molecular complexity index is 470. The van der Waals surface area contributed by atoms with Crippen molar-refractivity contribution in [2.24, 2.45) is 0 Å². The quantitative estimate of drug-likeness (QED) is 0.0788. The van der Waals surface area contributed by atoms with Crippen LogP contribution in [-0.4, -0.2) is 30.9 Å². The third-order valence-corrected chi connectivity index (χ3v) is 8.11. The highest BCUT2D eigenvalue weighted by molar-refractivity contribution is 7.38. The van der Waals surface area contributed by atoms with Gasteiger partial charge in [-0.3, -0.25) is 4.48 Å². The second-order valence-corrected chi connectivity index (χ2v) is 11.1. The molecule has 0 N–H and O–H groups in total. The maximum absolute atomic E-state index is 12.1. The molecule has 0 saturated heterocycles. The predicted octanol–water partition coefficient (Wildman–Crippen LogP) is 7.89. The van der Waals surface area contributed by atoms with E-state index in [0.717, 1.165) is 38.5 Å². The maximum atomic E-state index is 12.1. The molecule has 0 rings (SSSR count). The van der Waals surface area contributed by atoms with Gasteiger partial charge in [-0.1, -0.05) is 74.7 Å². The van der Waals surface area contributed by atoms with Crippen LogP contribution in [0.5, 0.6) is 0 Å². The van der Waals surface area contributed by atoms with Crippen LogP contribution in [0.4, 0.5) is 0 Å². The molecule has 0 aromatic carbocycles. The zero-order valence-electron chi connectivity index (χ0n) is 20.7. The smallest absolute Gasteiger partial charge is 0.376 e. The van der Waals surface area contributed by atoms with Crippen LogP contribution in [0.3, 0.4) is 0 Å². The fraction of sp³-hybridized carbons (Fsp3) is 0.846. The number of hydrogen-bond acceptors (Lipinski definition) is 2. The van der Waals surface area contributed by atoms with Gasteiger partial charge in [0, 0.05) is 12.8 Å². The van der Waals surface area contributed by atoms with Crippen LogP contribution in [0.15, 0.2) is 24.8 Å². The predicted molar refractivity (Wildman–Crippen MR) is 132 cm³/mol. The Labute approximate surface area is 189 Å². The molecular weight excluding hydrogens is 389 g/mol. The molecule has 30 heavy (non-hydrogen) atoms. The SMILES string of the molecule is C=CCCCCC/C=C\CCCCCCCCCCC(CCC)([P+](=O)[O-])[N+](C)(C)C. The normalized spacial score (nSPS) is 14.8. The number of nitrogens with zero attached hydrogens (tertiary/aromatic N) is 1. The minimum absolute atomic E-state index is 0.517. The van der Waals surface area contributed by atoms with E-state index in [9.17, 15) is 9.46 Å². The van der Waals surface area contributed by atoms with Crippen LogP contribution < -0.4 is 4.89 Å². The summed E-state index contributed by atoms with van der Waals surface area (Å²) in [5.74, 6) is 0. The van der Waals surface area contributed by atoms with Gasteiger partial charge in [-0.25, -0.2) is 0 Å². The lowest BCUT2D eigenvalue weighted by molar-refractivity contribution is -0.910. The topological polar surface area (TPSA) is 40.1 Å². The van der Waals surface area contributed by atoms with Crippen molar-refractivity contribution in [2.75, 3.05) is 21.1 Å². The summed E-state index contributed by atoms with van der Waals surface area (Å²) in [6.07, 6.45) is 26.7. The Morgan fingerprint density at radius 1 is 0.767 bits per heavy atom. The minimum Gasteiger partial charge on any atom is -0.590 e. The van der Waals surface area contributed by atoms with Crippen molar-refractivity contribution in [2.45, 2.75) is 121 Å². The lowest BCUT2D eigenvalue weighted by Gasteiger charge is -2.39. The standard InChI is InChI=1S/C26H51NO2P/c1-6-8-9-10-11-12-13-14-15-16-17-18-19-20-21-22-23-25-26(24-7-2,30(28)29)27(3,4)5/h6,13-14H,1,7-12,15-25H2,2-5H3/q+1/b14-13-. The van der Waals surface area contributed by atoms with Crippen molar-refractivity contribution >= 4 is 8.03 Å². The van der Waals surface area contributed by atoms with Gasteiger partial charge in [0.1, 0.15) is 0 Å². The fourth-order valence-electron chi connectivity index (χ4n) is 4.32. The molecule has 0 aliphatic rings. The van der Waals surface area contributed by atoms with E-state index in [1.54, 1.807) is 0 Å². The third-order valence-electron chi connectivity index (χ3n) is 6.38. The van der Waals surface area contributed by atoms with E-state index in [1.807, 2.05) is 27.2 Å². The number of unbranched alkanes of at least 4 members (excludes halogenated alkanes) is 12. The van der Waals surface area contributed by atoms with Crippen molar-refractivity contribution < 1.29 is 13.9 Å². The molecule has 0 aromatic heterocycles. The average Bonchev–Trinajstić information content (AvgIpc) is 2.68. The number of rotatable bonds is 21. The minimum atomic E-state index is -2.42. The highest BCUT2D eigenvalue weighted by Crippen LogP contribution is 2.45. The van der Waals surface area contributed by atoms with E-state index < -0.39 is 13.3 Å². The summed E-state index contributed by atoms with van der Waals surface area (Å²) < 4.78 is 12.6. The summed E-state index contributed by atoms with van der Waals surface area (Å²) in [4.78, 5) is 12.1. The van der Waals surface area contributed by atoms with Gasteiger partial charge in [-0.15, -0.1) is 6.58 Å². The molecule has 0 saturated carbocycles. The molecule has 2 atom stereocenters. The number of allylic oxidation sites excluding steroid dienone is 3. The zero-order chi connectivity index (χ0) is 22.7.